The van der Waals surface area contributed by atoms with E-state index in [-0.39, 0.29) is 17.8 Å². The molecule has 10 heteroatoms. The number of hydrogen-bond acceptors (Lipinski definition) is 7. The summed E-state index contributed by atoms with van der Waals surface area (Å²) in [5.41, 5.74) is 0.451. The van der Waals surface area contributed by atoms with E-state index in [1.807, 2.05) is 58.9 Å². The topological polar surface area (TPSA) is 80.3 Å². The van der Waals surface area contributed by atoms with Crippen molar-refractivity contribution >= 4 is 36.9 Å². The zero-order valence-electron chi connectivity index (χ0n) is 20.6. The summed E-state index contributed by atoms with van der Waals surface area (Å²) in [6, 6.07) is 0. The molecule has 0 spiro atoms. The molecule has 0 N–H and O–H groups in total. The SMILES string of the molecule is C=C(C)C(=O)OCC(O[Si](C)(C)C)C(OC(=O)C(=C)C)(O[Si](C)(C)C)O[Si](C)(C)C. The van der Waals surface area contributed by atoms with Crippen molar-refractivity contribution in [2.24, 2.45) is 0 Å². The summed E-state index contributed by atoms with van der Waals surface area (Å²) in [6.07, 6.45) is -0.978. The minimum atomic E-state index is -2.34. The molecule has 0 heterocycles. The van der Waals surface area contributed by atoms with Gasteiger partial charge in [0.1, 0.15) is 6.61 Å². The van der Waals surface area contributed by atoms with E-state index in [9.17, 15) is 9.59 Å². The second-order valence-corrected chi connectivity index (χ2v) is 23.6. The number of carbonyl (C=O) groups excluding carboxylic acids is 2. The summed E-state index contributed by atoms with van der Waals surface area (Å²) < 4.78 is 30.3. The fourth-order valence-electron chi connectivity index (χ4n) is 2.24. The Bertz CT molecular complexity index is 639. The molecule has 7 nitrogen and oxygen atoms in total. The van der Waals surface area contributed by atoms with E-state index in [0.717, 1.165) is 0 Å². The molecule has 0 saturated heterocycles. The van der Waals surface area contributed by atoms with Crippen LogP contribution in [0.15, 0.2) is 24.3 Å². The van der Waals surface area contributed by atoms with Crippen LogP contribution < -0.4 is 0 Å². The van der Waals surface area contributed by atoms with Crippen LogP contribution in [0.1, 0.15) is 13.8 Å². The van der Waals surface area contributed by atoms with Crippen LogP contribution in [0.4, 0.5) is 0 Å². The quantitative estimate of drug-likeness (QED) is 0.173. The van der Waals surface area contributed by atoms with Gasteiger partial charge in [-0.3, -0.25) is 0 Å². The molecule has 0 aliphatic heterocycles. The van der Waals surface area contributed by atoms with Gasteiger partial charge in [0.25, 0.3) is 0 Å². The predicted molar refractivity (Wildman–Crippen MR) is 126 cm³/mol. The highest BCUT2D eigenvalue weighted by atomic mass is 28.4. The lowest BCUT2D eigenvalue weighted by Gasteiger charge is -2.46. The molecule has 30 heavy (non-hydrogen) atoms. The Kier molecular flexibility index (Phi) is 10.1. The molecular formula is C20H40O7Si3. The van der Waals surface area contributed by atoms with Crippen LogP contribution in [0.2, 0.25) is 58.9 Å². The minimum Gasteiger partial charge on any atom is -0.459 e. The van der Waals surface area contributed by atoms with Gasteiger partial charge in [-0.2, -0.15) is 0 Å². The lowest BCUT2D eigenvalue weighted by molar-refractivity contribution is -0.334. The summed E-state index contributed by atoms with van der Waals surface area (Å²) in [7, 11) is -6.90. The lowest BCUT2D eigenvalue weighted by atomic mass is 10.3. The van der Waals surface area contributed by atoms with E-state index in [1.54, 1.807) is 13.8 Å². The average molecular weight is 477 g/mol. The third kappa shape index (κ3) is 11.4. The van der Waals surface area contributed by atoms with Crippen molar-refractivity contribution in [2.45, 2.75) is 84.8 Å². The summed E-state index contributed by atoms with van der Waals surface area (Å²) in [5.74, 6) is -3.09. The van der Waals surface area contributed by atoms with Crippen LogP contribution in [0, 0.1) is 0 Å². The van der Waals surface area contributed by atoms with Gasteiger partial charge in [0, 0.05) is 11.1 Å². The van der Waals surface area contributed by atoms with Crippen molar-refractivity contribution in [3.05, 3.63) is 24.3 Å². The number of hydrogen-bond donors (Lipinski definition) is 0. The highest BCUT2D eigenvalue weighted by Gasteiger charge is 2.53. The van der Waals surface area contributed by atoms with E-state index in [4.69, 9.17) is 22.8 Å². The zero-order valence-corrected chi connectivity index (χ0v) is 23.6. The van der Waals surface area contributed by atoms with Gasteiger partial charge < -0.3 is 22.8 Å². The number of rotatable bonds is 12. The Labute approximate surface area is 185 Å². The molecule has 0 bridgehead atoms. The monoisotopic (exact) mass is 476 g/mol. The van der Waals surface area contributed by atoms with Crippen molar-refractivity contribution < 1.29 is 32.3 Å². The normalized spacial score (nSPS) is 14.1. The summed E-state index contributed by atoms with van der Waals surface area (Å²) in [6.45, 7) is 27.8. The highest BCUT2D eigenvalue weighted by molar-refractivity contribution is 6.71. The lowest BCUT2D eigenvalue weighted by Crippen LogP contribution is -2.63. The summed E-state index contributed by atoms with van der Waals surface area (Å²) in [5, 5.41) is 0. The Morgan fingerprint density at radius 2 is 1.17 bits per heavy atom. The van der Waals surface area contributed by atoms with Crippen molar-refractivity contribution in [1.82, 2.24) is 0 Å². The maximum Gasteiger partial charge on any atom is 0.340 e. The van der Waals surface area contributed by atoms with Crippen LogP contribution in [0.5, 0.6) is 0 Å². The van der Waals surface area contributed by atoms with E-state index >= 15 is 0 Å². The Hall–Kier alpha value is -1.05. The Morgan fingerprint density at radius 3 is 1.47 bits per heavy atom. The molecule has 0 aliphatic carbocycles. The van der Waals surface area contributed by atoms with Gasteiger partial charge in [-0.1, -0.05) is 13.2 Å². The predicted octanol–water partition coefficient (Wildman–Crippen LogP) is 4.80. The van der Waals surface area contributed by atoms with Gasteiger partial charge in [-0.25, -0.2) is 9.59 Å². The van der Waals surface area contributed by atoms with Crippen molar-refractivity contribution in [2.75, 3.05) is 6.61 Å². The van der Waals surface area contributed by atoms with Crippen molar-refractivity contribution in [1.29, 1.82) is 0 Å². The molecule has 0 saturated carbocycles. The van der Waals surface area contributed by atoms with Gasteiger partial charge in [0.05, 0.1) is 0 Å². The van der Waals surface area contributed by atoms with Gasteiger partial charge in [0.2, 0.25) is 0 Å². The molecule has 0 fully saturated rings. The number of esters is 2. The van der Waals surface area contributed by atoms with Crippen LogP contribution in [-0.2, 0) is 32.3 Å². The first-order valence-electron chi connectivity index (χ1n) is 9.97. The first-order chi connectivity index (χ1) is 13.2. The molecule has 1 unspecified atom stereocenters. The summed E-state index contributed by atoms with van der Waals surface area (Å²) in [4.78, 5) is 24.7. The van der Waals surface area contributed by atoms with E-state index < -0.39 is 49.0 Å². The Balaban J connectivity index is 6.53. The molecule has 174 valence electrons. The van der Waals surface area contributed by atoms with Gasteiger partial charge >= 0.3 is 17.9 Å². The molecule has 0 amide bonds. The molecule has 1 atom stereocenters. The van der Waals surface area contributed by atoms with Crippen LogP contribution in [0.25, 0.3) is 0 Å². The molecule has 0 aliphatic rings. The van der Waals surface area contributed by atoms with Gasteiger partial charge in [-0.05, 0) is 72.8 Å². The number of ether oxygens (including phenoxy) is 2. The second-order valence-electron chi connectivity index (χ2n) is 10.3. The maximum absolute atomic E-state index is 12.6. The molecular weight excluding hydrogens is 436 g/mol. The maximum atomic E-state index is 12.6. The number of carbonyl (C=O) groups is 2. The Morgan fingerprint density at radius 1 is 0.767 bits per heavy atom. The third-order valence-corrected chi connectivity index (χ3v) is 5.87. The zero-order chi connectivity index (χ0) is 24.1. The molecule has 0 aromatic rings. The van der Waals surface area contributed by atoms with E-state index in [0.29, 0.717) is 0 Å². The third-order valence-electron chi connectivity index (χ3n) is 3.08. The highest BCUT2D eigenvalue weighted by Crippen LogP contribution is 2.33. The van der Waals surface area contributed by atoms with Crippen LogP contribution in [0.3, 0.4) is 0 Å². The molecule has 0 aromatic carbocycles. The largest absolute Gasteiger partial charge is 0.459 e. The smallest absolute Gasteiger partial charge is 0.340 e. The van der Waals surface area contributed by atoms with Crippen LogP contribution >= 0.6 is 0 Å². The first kappa shape index (κ1) is 29.0. The average Bonchev–Trinajstić information content (AvgIpc) is 2.45. The van der Waals surface area contributed by atoms with Crippen LogP contribution in [-0.4, -0.2) is 55.6 Å². The van der Waals surface area contributed by atoms with Crippen molar-refractivity contribution in [3.63, 3.8) is 0 Å². The van der Waals surface area contributed by atoms with E-state index in [2.05, 4.69) is 13.2 Å². The summed E-state index contributed by atoms with van der Waals surface area (Å²) >= 11 is 0. The molecule has 0 rings (SSSR count). The molecule has 0 radical (unpaired) electrons. The van der Waals surface area contributed by atoms with Gasteiger partial charge in [-0.15, -0.1) is 0 Å². The standard InChI is InChI=1S/C20H40O7Si3/c1-15(2)18(21)23-14-17(25-28(5,6)7)20(26-29(8,9)10,27-30(11,12)13)24-19(22)16(3)4/h17H,1,3,14H2,2,4-13H3. The van der Waals surface area contributed by atoms with Crippen molar-refractivity contribution in [3.8, 4) is 0 Å². The van der Waals surface area contributed by atoms with E-state index in [1.165, 1.54) is 0 Å². The molecule has 0 aromatic heterocycles. The fraction of sp³-hybridized carbons (Fsp3) is 0.700. The second kappa shape index (κ2) is 10.5. The fourth-order valence-corrected chi connectivity index (χ4v) is 5.53. The van der Waals surface area contributed by atoms with Gasteiger partial charge in [0.15, 0.2) is 31.1 Å². The first-order valence-corrected chi connectivity index (χ1v) is 20.2. The minimum absolute atomic E-state index is 0.198.